The second-order valence-corrected chi connectivity index (χ2v) is 14.2. The first-order valence-electron chi connectivity index (χ1n) is 14.2. The summed E-state index contributed by atoms with van der Waals surface area (Å²) in [7, 11) is -0.270. The summed E-state index contributed by atoms with van der Waals surface area (Å²) in [4.78, 5) is 12.2. The first-order valence-corrected chi connectivity index (χ1v) is 16.8. The van der Waals surface area contributed by atoms with Crippen molar-refractivity contribution in [3.05, 3.63) is 64.3 Å². The number of halogens is 1. The number of hydrogen-bond donors (Lipinski definition) is 2. The van der Waals surface area contributed by atoms with Gasteiger partial charge in [-0.1, -0.05) is 43.6 Å². The number of nitrogens with zero attached hydrogens (tertiary/aromatic N) is 3. The molecule has 0 spiro atoms. The Kier molecular flexibility index (Phi) is 7.62. The van der Waals surface area contributed by atoms with Crippen molar-refractivity contribution in [3.8, 4) is 0 Å². The Labute approximate surface area is 233 Å². The molecule has 2 aromatic carbocycles. The number of rotatable bonds is 6. The van der Waals surface area contributed by atoms with Gasteiger partial charge < -0.3 is 10.6 Å². The third-order valence-corrected chi connectivity index (χ3v) is 10.4. The normalized spacial score (nSPS) is 23.2. The molecule has 38 heavy (non-hydrogen) atoms. The van der Waals surface area contributed by atoms with Crippen molar-refractivity contribution in [1.82, 2.24) is 14.9 Å². The minimum atomic E-state index is -0.270. The summed E-state index contributed by atoms with van der Waals surface area (Å²) in [5.41, 5.74) is 6.33. The Morgan fingerprint density at radius 2 is 1.61 bits per heavy atom. The van der Waals surface area contributed by atoms with Gasteiger partial charge in [-0.25, -0.2) is 4.98 Å². The Morgan fingerprint density at radius 3 is 2.37 bits per heavy atom. The van der Waals surface area contributed by atoms with Crippen molar-refractivity contribution in [3.63, 3.8) is 0 Å². The highest BCUT2D eigenvalue weighted by atomic mass is 35.5. The molecule has 1 aliphatic carbocycles. The quantitative estimate of drug-likeness (QED) is 0.246. The lowest BCUT2D eigenvalue weighted by atomic mass is 9.96. The molecule has 3 aliphatic rings. The van der Waals surface area contributed by atoms with Crippen LogP contribution < -0.4 is 15.9 Å². The van der Waals surface area contributed by atoms with Crippen molar-refractivity contribution >= 4 is 48.0 Å². The molecular formula is C31H39ClN5P. The highest BCUT2D eigenvalue weighted by molar-refractivity contribution is 7.64. The molecule has 0 saturated carbocycles. The van der Waals surface area contributed by atoms with Crippen molar-refractivity contribution in [1.29, 1.82) is 0 Å². The molecule has 1 aromatic heterocycles. The summed E-state index contributed by atoms with van der Waals surface area (Å²) in [6.07, 6.45) is 13.7. The van der Waals surface area contributed by atoms with Gasteiger partial charge in [0.2, 0.25) is 5.95 Å². The lowest BCUT2D eigenvalue weighted by molar-refractivity contribution is 0.0782. The van der Waals surface area contributed by atoms with E-state index >= 15 is 0 Å². The standard InChI is InChI=1S/C31H39ClN5P/c1-20-7-16-28(29(17-20)38(2)3)35-30-27(32)19-33-31(36-30)34-23-11-8-21-9-12-26(13-10-22(21)18-23)37-24-5-4-6-25(37)15-14-24/h7-8,11,16-19,24-26H,4-6,9-10,12-15H2,1-3H3,(H2,33,34,35,36). The predicted octanol–water partition coefficient (Wildman–Crippen LogP) is 7.56. The third kappa shape index (κ3) is 5.43. The molecule has 2 N–H and O–H groups in total. The fourth-order valence-corrected chi connectivity index (χ4v) is 8.12. The van der Waals surface area contributed by atoms with Gasteiger partial charge in [-0.15, -0.1) is 0 Å². The van der Waals surface area contributed by atoms with Crippen LogP contribution in [0.2, 0.25) is 5.02 Å². The average Bonchev–Trinajstić information content (AvgIpc) is 3.06. The van der Waals surface area contributed by atoms with E-state index in [0.29, 0.717) is 16.8 Å². The Morgan fingerprint density at radius 1 is 0.868 bits per heavy atom. The van der Waals surface area contributed by atoms with Gasteiger partial charge in [0.05, 0.1) is 6.20 Å². The molecule has 0 radical (unpaired) electrons. The molecule has 2 saturated heterocycles. The van der Waals surface area contributed by atoms with E-state index in [2.05, 4.69) is 77.2 Å². The van der Waals surface area contributed by atoms with E-state index in [4.69, 9.17) is 16.6 Å². The van der Waals surface area contributed by atoms with Crippen LogP contribution in [0.4, 0.5) is 23.1 Å². The van der Waals surface area contributed by atoms with E-state index in [0.717, 1.165) is 35.9 Å². The van der Waals surface area contributed by atoms with Crippen LogP contribution in [0.15, 0.2) is 42.6 Å². The van der Waals surface area contributed by atoms with E-state index in [1.54, 1.807) is 6.20 Å². The van der Waals surface area contributed by atoms with Crippen LogP contribution in [0.25, 0.3) is 0 Å². The molecule has 3 atom stereocenters. The number of anilines is 4. The van der Waals surface area contributed by atoms with Gasteiger partial charge in [-0.05, 0) is 112 Å². The van der Waals surface area contributed by atoms with Crippen LogP contribution in [0.5, 0.6) is 0 Å². The van der Waals surface area contributed by atoms with E-state index in [1.807, 2.05) is 0 Å². The smallest absolute Gasteiger partial charge is 0.229 e. The van der Waals surface area contributed by atoms with Crippen LogP contribution in [0, 0.1) is 6.92 Å². The molecule has 2 bridgehead atoms. The average molecular weight is 548 g/mol. The molecule has 3 aromatic rings. The molecule has 3 heterocycles. The Bertz CT molecular complexity index is 1300. The maximum absolute atomic E-state index is 6.51. The fourth-order valence-electron chi connectivity index (χ4n) is 6.91. The zero-order valence-corrected chi connectivity index (χ0v) is 24.5. The molecule has 6 rings (SSSR count). The molecule has 5 nitrogen and oxygen atoms in total. The summed E-state index contributed by atoms with van der Waals surface area (Å²) >= 11 is 6.51. The molecule has 7 heteroatoms. The SMILES string of the molecule is Cc1ccc(Nc2nc(Nc3ccc4c(c3)CCC(N3C5CCCC3CC5)CC4)ncc2Cl)c(P(C)C)c1. The number of aryl methyl sites for hydroxylation is 3. The number of benzene rings is 2. The Hall–Kier alpha value is -2.20. The van der Waals surface area contributed by atoms with Crippen LogP contribution in [0.3, 0.4) is 0 Å². The third-order valence-electron chi connectivity index (χ3n) is 8.76. The second kappa shape index (κ2) is 11.1. The molecule has 2 aliphatic heterocycles. The zero-order chi connectivity index (χ0) is 26.2. The van der Waals surface area contributed by atoms with Gasteiger partial charge in [0.15, 0.2) is 5.82 Å². The molecule has 3 unspecified atom stereocenters. The monoisotopic (exact) mass is 547 g/mol. The number of piperidine rings is 1. The van der Waals surface area contributed by atoms with Gasteiger partial charge in [-0.2, -0.15) is 4.98 Å². The highest BCUT2D eigenvalue weighted by Crippen LogP contribution is 2.40. The highest BCUT2D eigenvalue weighted by Gasteiger charge is 2.40. The largest absolute Gasteiger partial charge is 0.338 e. The van der Waals surface area contributed by atoms with Crippen LogP contribution >= 0.6 is 19.5 Å². The number of nitrogens with one attached hydrogen (secondary N) is 2. The molecule has 200 valence electrons. The zero-order valence-electron chi connectivity index (χ0n) is 22.8. The number of fused-ring (bicyclic) bond motifs is 3. The summed E-state index contributed by atoms with van der Waals surface area (Å²) in [5.74, 6) is 1.18. The van der Waals surface area contributed by atoms with E-state index in [9.17, 15) is 0 Å². The van der Waals surface area contributed by atoms with E-state index in [-0.39, 0.29) is 7.92 Å². The van der Waals surface area contributed by atoms with Crippen molar-refractivity contribution in [2.75, 3.05) is 24.0 Å². The summed E-state index contributed by atoms with van der Waals surface area (Å²) in [6, 6.07) is 15.7. The van der Waals surface area contributed by atoms with Gasteiger partial charge in [-0.3, -0.25) is 4.90 Å². The molecule has 2 fully saturated rings. The fraction of sp³-hybridized carbons (Fsp3) is 0.484. The number of hydrogen-bond acceptors (Lipinski definition) is 5. The second-order valence-electron chi connectivity index (χ2n) is 11.5. The van der Waals surface area contributed by atoms with Gasteiger partial charge in [0.25, 0.3) is 0 Å². The lowest BCUT2D eigenvalue weighted by Gasteiger charge is -2.40. The predicted molar refractivity (Wildman–Crippen MR) is 163 cm³/mol. The summed E-state index contributed by atoms with van der Waals surface area (Å²) in [6.45, 7) is 6.66. The first kappa shape index (κ1) is 26.0. The van der Waals surface area contributed by atoms with Crippen molar-refractivity contribution < 1.29 is 0 Å². The first-order chi connectivity index (χ1) is 18.4. The van der Waals surface area contributed by atoms with Crippen LogP contribution in [-0.4, -0.2) is 46.3 Å². The topological polar surface area (TPSA) is 53.1 Å². The van der Waals surface area contributed by atoms with Crippen LogP contribution in [0.1, 0.15) is 61.6 Å². The summed E-state index contributed by atoms with van der Waals surface area (Å²) in [5, 5.41) is 8.74. The van der Waals surface area contributed by atoms with Crippen molar-refractivity contribution in [2.24, 2.45) is 0 Å². The van der Waals surface area contributed by atoms with Gasteiger partial charge >= 0.3 is 0 Å². The van der Waals surface area contributed by atoms with Crippen molar-refractivity contribution in [2.45, 2.75) is 82.8 Å². The van der Waals surface area contributed by atoms with Gasteiger partial charge in [0.1, 0.15) is 5.02 Å². The molecule has 0 amide bonds. The lowest BCUT2D eigenvalue weighted by Crippen LogP contribution is -2.46. The van der Waals surface area contributed by atoms with Gasteiger partial charge in [0, 0.05) is 29.5 Å². The van der Waals surface area contributed by atoms with Crippen LogP contribution in [-0.2, 0) is 12.8 Å². The maximum Gasteiger partial charge on any atom is 0.229 e. The summed E-state index contributed by atoms with van der Waals surface area (Å²) < 4.78 is 0. The van der Waals surface area contributed by atoms with E-state index < -0.39 is 0 Å². The maximum atomic E-state index is 6.51. The van der Waals surface area contributed by atoms with E-state index in [1.165, 1.54) is 73.4 Å². The molecular weight excluding hydrogens is 509 g/mol. The minimum Gasteiger partial charge on any atom is -0.338 e. The Balaban J connectivity index is 1.17. The number of aromatic nitrogens is 2. The minimum absolute atomic E-state index is 0.270.